The summed E-state index contributed by atoms with van der Waals surface area (Å²) in [5.41, 5.74) is 4.41. The normalized spacial score (nSPS) is 12.1. The highest BCUT2D eigenvalue weighted by atomic mass is 19.1. The van der Waals surface area contributed by atoms with Crippen LogP contribution in [0.4, 0.5) is 10.1 Å². The number of hydrogen-bond acceptors (Lipinski definition) is 4. The van der Waals surface area contributed by atoms with Crippen LogP contribution in [0.3, 0.4) is 0 Å². The lowest BCUT2D eigenvalue weighted by atomic mass is 10.1. The molecule has 0 fully saturated rings. The van der Waals surface area contributed by atoms with Crippen molar-refractivity contribution in [2.45, 2.75) is 6.04 Å². The van der Waals surface area contributed by atoms with E-state index in [1.807, 2.05) is 0 Å². The minimum Gasteiger partial charge on any atom is -0.480 e. The van der Waals surface area contributed by atoms with Crippen molar-refractivity contribution in [2.24, 2.45) is 5.73 Å². The molecule has 0 aliphatic carbocycles. The molecule has 6 nitrogen and oxygen atoms in total. The van der Waals surface area contributed by atoms with E-state index in [0.717, 1.165) is 18.2 Å². The fraction of sp³-hybridized carbons (Fsp3) is 0.125. The van der Waals surface area contributed by atoms with Gasteiger partial charge in [0.05, 0.1) is 4.92 Å². The molecule has 1 aromatic rings. The molecule has 7 heteroatoms. The number of carbonyl (C=O) groups is 1. The van der Waals surface area contributed by atoms with E-state index in [2.05, 4.69) is 0 Å². The Morgan fingerprint density at radius 1 is 1.60 bits per heavy atom. The van der Waals surface area contributed by atoms with Gasteiger partial charge in [0.1, 0.15) is 6.04 Å². The van der Waals surface area contributed by atoms with Crippen LogP contribution < -0.4 is 5.73 Å². The standard InChI is InChI=1S/C8H7FN2O4/c9-5-2-1-4(7(10)8(12)13)3-6(5)11(14)15/h1-3,7H,10H2,(H,12,13)/t7-/m0/s1. The van der Waals surface area contributed by atoms with Crippen molar-refractivity contribution < 1.29 is 19.2 Å². The number of hydrogen-bond donors (Lipinski definition) is 2. The van der Waals surface area contributed by atoms with E-state index < -0.39 is 28.4 Å². The maximum Gasteiger partial charge on any atom is 0.325 e. The largest absolute Gasteiger partial charge is 0.480 e. The first-order valence-electron chi connectivity index (χ1n) is 3.85. The van der Waals surface area contributed by atoms with Gasteiger partial charge >= 0.3 is 11.7 Å². The number of nitro groups is 1. The molecule has 0 unspecified atom stereocenters. The van der Waals surface area contributed by atoms with E-state index in [4.69, 9.17) is 10.8 Å². The Labute approximate surface area is 83.3 Å². The SMILES string of the molecule is N[C@H](C(=O)O)c1ccc(F)c([N+](=O)[O-])c1. The Bertz CT molecular complexity index is 421. The Kier molecular flexibility index (Phi) is 2.96. The van der Waals surface area contributed by atoms with Crippen molar-refractivity contribution in [3.8, 4) is 0 Å². The minimum atomic E-state index is -1.40. The van der Waals surface area contributed by atoms with Gasteiger partial charge in [-0.15, -0.1) is 0 Å². The summed E-state index contributed by atoms with van der Waals surface area (Å²) in [5.74, 6) is -2.36. The predicted octanol–water partition coefficient (Wildman–Crippen LogP) is 0.818. The summed E-state index contributed by atoms with van der Waals surface area (Å²) in [6, 6.07) is 1.33. The molecule has 0 amide bonds. The molecule has 0 aromatic heterocycles. The van der Waals surface area contributed by atoms with Crippen molar-refractivity contribution in [2.75, 3.05) is 0 Å². The van der Waals surface area contributed by atoms with Gasteiger partial charge in [0.25, 0.3) is 0 Å². The second-order valence-corrected chi connectivity index (χ2v) is 2.78. The summed E-state index contributed by atoms with van der Waals surface area (Å²) < 4.78 is 12.9. The average molecular weight is 214 g/mol. The summed E-state index contributed by atoms with van der Waals surface area (Å²) in [5, 5.41) is 18.9. The van der Waals surface area contributed by atoms with Gasteiger partial charge < -0.3 is 10.8 Å². The number of carboxylic acids is 1. The monoisotopic (exact) mass is 214 g/mol. The fourth-order valence-corrected chi connectivity index (χ4v) is 1.01. The molecule has 0 aliphatic rings. The molecular weight excluding hydrogens is 207 g/mol. The number of rotatable bonds is 3. The second-order valence-electron chi connectivity index (χ2n) is 2.78. The van der Waals surface area contributed by atoms with Crippen LogP contribution >= 0.6 is 0 Å². The molecule has 0 bridgehead atoms. The summed E-state index contributed by atoms with van der Waals surface area (Å²) in [4.78, 5) is 19.9. The molecule has 1 atom stereocenters. The number of nitro benzene ring substituents is 1. The van der Waals surface area contributed by atoms with E-state index in [9.17, 15) is 19.3 Å². The Morgan fingerprint density at radius 3 is 2.67 bits per heavy atom. The molecule has 15 heavy (non-hydrogen) atoms. The zero-order chi connectivity index (χ0) is 11.6. The lowest BCUT2D eigenvalue weighted by molar-refractivity contribution is -0.387. The van der Waals surface area contributed by atoms with Crippen molar-refractivity contribution in [1.82, 2.24) is 0 Å². The van der Waals surface area contributed by atoms with Crippen LogP contribution in [0.25, 0.3) is 0 Å². The highest BCUT2D eigenvalue weighted by Crippen LogP contribution is 2.21. The van der Waals surface area contributed by atoms with Gasteiger partial charge in [0.2, 0.25) is 5.82 Å². The van der Waals surface area contributed by atoms with Crippen molar-refractivity contribution in [3.05, 3.63) is 39.7 Å². The van der Waals surface area contributed by atoms with Gasteiger partial charge in [-0.1, -0.05) is 6.07 Å². The smallest absolute Gasteiger partial charge is 0.325 e. The highest BCUT2D eigenvalue weighted by molar-refractivity contribution is 5.75. The van der Waals surface area contributed by atoms with E-state index in [-0.39, 0.29) is 5.56 Å². The Balaban J connectivity index is 3.18. The number of nitrogens with two attached hydrogens (primary N) is 1. The van der Waals surface area contributed by atoms with Crippen LogP contribution in [-0.2, 0) is 4.79 Å². The first-order chi connectivity index (χ1) is 6.93. The molecule has 1 aromatic carbocycles. The molecule has 3 N–H and O–H groups in total. The van der Waals surface area contributed by atoms with Crippen LogP contribution in [0.15, 0.2) is 18.2 Å². The minimum absolute atomic E-state index is 0.0180. The number of aliphatic carboxylic acids is 1. The van der Waals surface area contributed by atoms with Crippen LogP contribution in [0.1, 0.15) is 11.6 Å². The quantitative estimate of drug-likeness (QED) is 0.572. The third-order valence-corrected chi connectivity index (χ3v) is 1.79. The maximum absolute atomic E-state index is 12.9. The van der Waals surface area contributed by atoms with Gasteiger partial charge in [0, 0.05) is 6.07 Å². The van der Waals surface area contributed by atoms with Crippen molar-refractivity contribution in [1.29, 1.82) is 0 Å². The zero-order valence-corrected chi connectivity index (χ0v) is 7.38. The van der Waals surface area contributed by atoms with E-state index in [0.29, 0.717) is 0 Å². The molecule has 1 rings (SSSR count). The van der Waals surface area contributed by atoms with Gasteiger partial charge in [0.15, 0.2) is 0 Å². The molecule has 0 spiro atoms. The number of carboxylic acid groups (broad SMARTS) is 1. The predicted molar refractivity (Wildman–Crippen MR) is 47.6 cm³/mol. The molecular formula is C8H7FN2O4. The van der Waals surface area contributed by atoms with E-state index >= 15 is 0 Å². The average Bonchev–Trinajstić information content (AvgIpc) is 2.16. The zero-order valence-electron chi connectivity index (χ0n) is 7.38. The van der Waals surface area contributed by atoms with Crippen molar-refractivity contribution >= 4 is 11.7 Å². The summed E-state index contributed by atoms with van der Waals surface area (Å²) in [6.07, 6.45) is 0. The van der Waals surface area contributed by atoms with Gasteiger partial charge in [-0.2, -0.15) is 4.39 Å². The molecule has 80 valence electrons. The molecule has 0 radical (unpaired) electrons. The van der Waals surface area contributed by atoms with Gasteiger partial charge in [-0.3, -0.25) is 14.9 Å². The van der Waals surface area contributed by atoms with Crippen LogP contribution in [-0.4, -0.2) is 16.0 Å². The maximum atomic E-state index is 12.9. The number of benzene rings is 1. The van der Waals surface area contributed by atoms with E-state index in [1.54, 1.807) is 0 Å². The van der Waals surface area contributed by atoms with Gasteiger partial charge in [-0.05, 0) is 11.6 Å². The van der Waals surface area contributed by atoms with Crippen LogP contribution in [0.5, 0.6) is 0 Å². The van der Waals surface area contributed by atoms with E-state index in [1.165, 1.54) is 0 Å². The Hall–Kier alpha value is -2.02. The lowest BCUT2D eigenvalue weighted by Gasteiger charge is -2.05. The first kappa shape index (κ1) is 11.1. The lowest BCUT2D eigenvalue weighted by Crippen LogP contribution is -2.20. The molecule has 0 heterocycles. The third-order valence-electron chi connectivity index (χ3n) is 1.79. The number of halogens is 1. The Morgan fingerprint density at radius 2 is 2.20 bits per heavy atom. The molecule has 0 aliphatic heterocycles. The molecule has 0 saturated heterocycles. The first-order valence-corrected chi connectivity index (χ1v) is 3.85. The number of nitrogens with zero attached hydrogens (tertiary/aromatic N) is 1. The fourth-order valence-electron chi connectivity index (χ4n) is 1.01. The highest BCUT2D eigenvalue weighted by Gasteiger charge is 2.20. The topological polar surface area (TPSA) is 106 Å². The summed E-state index contributed by atoms with van der Waals surface area (Å²) in [7, 11) is 0. The van der Waals surface area contributed by atoms with Gasteiger partial charge in [-0.25, -0.2) is 0 Å². The van der Waals surface area contributed by atoms with Crippen LogP contribution in [0.2, 0.25) is 0 Å². The summed E-state index contributed by atoms with van der Waals surface area (Å²) >= 11 is 0. The van der Waals surface area contributed by atoms with Crippen molar-refractivity contribution in [3.63, 3.8) is 0 Å². The summed E-state index contributed by atoms with van der Waals surface area (Å²) in [6.45, 7) is 0. The molecule has 0 saturated carbocycles. The van der Waals surface area contributed by atoms with Crippen LogP contribution in [0, 0.1) is 15.9 Å². The second kappa shape index (κ2) is 4.01. The third kappa shape index (κ3) is 2.26.